The van der Waals surface area contributed by atoms with Gasteiger partial charge in [-0.25, -0.2) is 4.39 Å². The van der Waals surface area contributed by atoms with Crippen LogP contribution in [0.4, 0.5) is 4.39 Å². The molecule has 0 bridgehead atoms. The quantitative estimate of drug-likeness (QED) is 0.654. The van der Waals surface area contributed by atoms with Gasteiger partial charge in [-0.1, -0.05) is 53.5 Å². The average molecular weight is 308 g/mol. The summed E-state index contributed by atoms with van der Waals surface area (Å²) in [5.74, 6) is -0.267. The molecule has 0 N–H and O–H groups in total. The van der Waals surface area contributed by atoms with Crippen LogP contribution in [0, 0.1) is 11.2 Å². The van der Waals surface area contributed by atoms with Gasteiger partial charge < -0.3 is 0 Å². The normalized spacial score (nSPS) is 11.8. The smallest absolute Gasteiger partial charge is 0.144 e. The molecule has 0 atom stereocenters. The fourth-order valence-corrected chi connectivity index (χ4v) is 3.01. The summed E-state index contributed by atoms with van der Waals surface area (Å²) >= 11 is 9.32. The number of rotatable bonds is 5. The van der Waals surface area contributed by atoms with Crippen molar-refractivity contribution in [1.82, 2.24) is 0 Å². The SMILES string of the molecule is CCC(CC)(CBr)Cc1cccc(Cl)c1F. The van der Waals surface area contributed by atoms with Gasteiger partial charge in [0.1, 0.15) is 5.82 Å². The molecule has 1 rings (SSSR count). The fraction of sp³-hybridized carbons (Fsp3) is 0.538. The van der Waals surface area contributed by atoms with E-state index in [2.05, 4.69) is 29.8 Å². The number of halogens is 3. The summed E-state index contributed by atoms with van der Waals surface area (Å²) in [6, 6.07) is 5.23. The van der Waals surface area contributed by atoms with Gasteiger partial charge in [0, 0.05) is 5.33 Å². The van der Waals surface area contributed by atoms with Crippen LogP contribution in [-0.4, -0.2) is 5.33 Å². The molecular weight excluding hydrogens is 290 g/mol. The third-order valence-electron chi connectivity index (χ3n) is 3.38. The summed E-state index contributed by atoms with van der Waals surface area (Å²) in [6.07, 6.45) is 2.79. The van der Waals surface area contributed by atoms with Crippen LogP contribution in [0.5, 0.6) is 0 Å². The Morgan fingerprint density at radius 2 is 1.94 bits per heavy atom. The van der Waals surface area contributed by atoms with Crippen molar-refractivity contribution in [2.45, 2.75) is 33.1 Å². The van der Waals surface area contributed by atoms with E-state index < -0.39 is 0 Å². The first-order valence-corrected chi connectivity index (χ1v) is 7.07. The highest BCUT2D eigenvalue weighted by molar-refractivity contribution is 9.09. The van der Waals surface area contributed by atoms with E-state index in [1.807, 2.05) is 12.1 Å². The van der Waals surface area contributed by atoms with Crippen molar-refractivity contribution in [1.29, 1.82) is 0 Å². The molecule has 0 fully saturated rings. The maximum absolute atomic E-state index is 13.8. The zero-order valence-corrected chi connectivity index (χ0v) is 12.0. The summed E-state index contributed by atoms with van der Waals surface area (Å²) in [7, 11) is 0. The molecule has 0 unspecified atom stereocenters. The molecule has 0 amide bonds. The van der Waals surface area contributed by atoms with Crippen molar-refractivity contribution < 1.29 is 4.39 Å². The third-order valence-corrected chi connectivity index (χ3v) is 4.86. The molecule has 0 aromatic heterocycles. The van der Waals surface area contributed by atoms with Crippen LogP contribution in [0.1, 0.15) is 32.3 Å². The Kier molecular flexibility index (Phi) is 5.26. The molecule has 0 heterocycles. The second-order valence-electron chi connectivity index (χ2n) is 4.23. The van der Waals surface area contributed by atoms with Crippen molar-refractivity contribution in [3.05, 3.63) is 34.6 Å². The van der Waals surface area contributed by atoms with Crippen LogP contribution >= 0.6 is 27.5 Å². The number of hydrogen-bond acceptors (Lipinski definition) is 0. The van der Waals surface area contributed by atoms with Crippen LogP contribution < -0.4 is 0 Å². The van der Waals surface area contributed by atoms with E-state index in [1.54, 1.807) is 6.07 Å². The van der Waals surface area contributed by atoms with E-state index >= 15 is 0 Å². The Morgan fingerprint density at radius 3 is 2.44 bits per heavy atom. The molecule has 0 nitrogen and oxygen atoms in total. The van der Waals surface area contributed by atoms with Crippen molar-refractivity contribution in [3.8, 4) is 0 Å². The molecule has 0 aliphatic heterocycles. The van der Waals surface area contributed by atoms with E-state index in [0.717, 1.165) is 30.2 Å². The second-order valence-corrected chi connectivity index (χ2v) is 5.20. The van der Waals surface area contributed by atoms with Gasteiger partial charge in [-0.2, -0.15) is 0 Å². The van der Waals surface area contributed by atoms with Crippen molar-refractivity contribution >= 4 is 27.5 Å². The Hall–Kier alpha value is -0.0800. The lowest BCUT2D eigenvalue weighted by Gasteiger charge is -2.29. The van der Waals surface area contributed by atoms with E-state index in [9.17, 15) is 4.39 Å². The van der Waals surface area contributed by atoms with Gasteiger partial charge in [0.05, 0.1) is 5.02 Å². The van der Waals surface area contributed by atoms with Crippen LogP contribution in [0.15, 0.2) is 18.2 Å². The molecule has 16 heavy (non-hydrogen) atoms. The molecule has 1 aromatic rings. The van der Waals surface area contributed by atoms with Gasteiger partial charge in [-0.05, 0) is 36.3 Å². The molecule has 1 aromatic carbocycles. The standard InChI is InChI=1S/C13H17BrClF/c1-3-13(4-2,9-14)8-10-6-5-7-11(15)12(10)16/h5-7H,3-4,8-9H2,1-2H3. The van der Waals surface area contributed by atoms with Gasteiger partial charge in [-0.3, -0.25) is 0 Å². The van der Waals surface area contributed by atoms with Crippen molar-refractivity contribution in [2.75, 3.05) is 5.33 Å². The van der Waals surface area contributed by atoms with Gasteiger partial charge in [0.15, 0.2) is 0 Å². The Labute approximate surface area is 110 Å². The molecule has 0 radical (unpaired) electrons. The molecular formula is C13H17BrClF. The van der Waals surface area contributed by atoms with E-state index in [4.69, 9.17) is 11.6 Å². The molecule has 0 spiro atoms. The Morgan fingerprint density at radius 1 is 1.31 bits per heavy atom. The van der Waals surface area contributed by atoms with Crippen LogP contribution in [0.3, 0.4) is 0 Å². The molecule has 0 aliphatic carbocycles. The van der Waals surface area contributed by atoms with Gasteiger partial charge in [0.25, 0.3) is 0 Å². The van der Waals surface area contributed by atoms with E-state index in [1.165, 1.54) is 0 Å². The maximum Gasteiger partial charge on any atom is 0.144 e. The minimum Gasteiger partial charge on any atom is -0.205 e. The zero-order chi connectivity index (χ0) is 12.2. The van der Waals surface area contributed by atoms with Crippen LogP contribution in [0.2, 0.25) is 5.02 Å². The summed E-state index contributed by atoms with van der Waals surface area (Å²) in [5.41, 5.74) is 0.849. The monoisotopic (exact) mass is 306 g/mol. The minimum atomic E-state index is -0.267. The summed E-state index contributed by atoms with van der Waals surface area (Å²) < 4.78 is 13.8. The first kappa shape index (κ1) is 14.0. The highest BCUT2D eigenvalue weighted by Gasteiger charge is 2.26. The summed E-state index contributed by atoms with van der Waals surface area (Å²) in [4.78, 5) is 0. The van der Waals surface area contributed by atoms with Gasteiger partial charge >= 0.3 is 0 Å². The second kappa shape index (κ2) is 6.02. The highest BCUT2D eigenvalue weighted by atomic mass is 79.9. The largest absolute Gasteiger partial charge is 0.205 e. The zero-order valence-electron chi connectivity index (χ0n) is 9.69. The first-order chi connectivity index (χ1) is 7.58. The lowest BCUT2D eigenvalue weighted by atomic mass is 9.79. The first-order valence-electron chi connectivity index (χ1n) is 5.57. The molecule has 3 heteroatoms. The van der Waals surface area contributed by atoms with E-state index in [-0.39, 0.29) is 16.3 Å². The Balaban J connectivity index is 2.98. The highest BCUT2D eigenvalue weighted by Crippen LogP contribution is 2.34. The summed E-state index contributed by atoms with van der Waals surface area (Å²) in [6.45, 7) is 4.29. The number of hydrogen-bond donors (Lipinski definition) is 0. The number of alkyl halides is 1. The minimum absolute atomic E-state index is 0.130. The fourth-order valence-electron chi connectivity index (χ4n) is 1.83. The molecule has 0 saturated carbocycles. The van der Waals surface area contributed by atoms with Crippen molar-refractivity contribution in [2.24, 2.45) is 5.41 Å². The Bertz CT molecular complexity index is 340. The maximum atomic E-state index is 13.8. The van der Waals surface area contributed by atoms with Gasteiger partial charge in [0.2, 0.25) is 0 Å². The molecule has 90 valence electrons. The number of benzene rings is 1. The molecule has 0 saturated heterocycles. The van der Waals surface area contributed by atoms with Crippen LogP contribution in [-0.2, 0) is 6.42 Å². The van der Waals surface area contributed by atoms with Crippen LogP contribution in [0.25, 0.3) is 0 Å². The summed E-state index contributed by atoms with van der Waals surface area (Å²) in [5, 5.41) is 1.10. The van der Waals surface area contributed by atoms with E-state index in [0.29, 0.717) is 0 Å². The van der Waals surface area contributed by atoms with Crippen molar-refractivity contribution in [3.63, 3.8) is 0 Å². The average Bonchev–Trinajstić information content (AvgIpc) is 2.32. The third kappa shape index (κ3) is 2.98. The molecule has 0 aliphatic rings. The topological polar surface area (TPSA) is 0 Å². The van der Waals surface area contributed by atoms with Gasteiger partial charge in [-0.15, -0.1) is 0 Å². The predicted octanol–water partition coefficient (Wildman–Crippen LogP) is 5.22. The predicted molar refractivity (Wildman–Crippen MR) is 71.9 cm³/mol. The lowest BCUT2D eigenvalue weighted by molar-refractivity contribution is 0.303. The lowest BCUT2D eigenvalue weighted by Crippen LogP contribution is -2.24.